The molecule has 1 fully saturated rings. The molecule has 1 aliphatic rings. The van der Waals surface area contributed by atoms with Gasteiger partial charge in [0.1, 0.15) is 12.3 Å². The molecule has 0 aromatic heterocycles. The van der Waals surface area contributed by atoms with Crippen LogP contribution in [0.25, 0.3) is 0 Å². The number of aliphatic hydroxyl groups is 1. The molecule has 0 aromatic carbocycles. The molecule has 6 nitrogen and oxygen atoms in total. The molecule has 4 N–H and O–H groups in total. The van der Waals surface area contributed by atoms with Crippen LogP contribution in [0.2, 0.25) is 0 Å². The van der Waals surface area contributed by atoms with Gasteiger partial charge in [0, 0.05) is 19.2 Å². The van der Waals surface area contributed by atoms with Gasteiger partial charge in [0.25, 0.3) is 0 Å². The highest BCUT2D eigenvalue weighted by atomic mass is 32.2. The van der Waals surface area contributed by atoms with Crippen molar-refractivity contribution < 1.29 is 19.8 Å². The average Bonchev–Trinajstić information content (AvgIpc) is 2.20. The Balaban J connectivity index is 2.45. The van der Waals surface area contributed by atoms with E-state index in [2.05, 4.69) is 10.6 Å². The SMILES string of the molecule is CNC(=O)CC1SCC(C(=O)O)NC1O. The third-order valence-corrected chi connectivity index (χ3v) is 3.54. The lowest BCUT2D eigenvalue weighted by molar-refractivity contribution is -0.140. The zero-order chi connectivity index (χ0) is 11.4. The Morgan fingerprint density at radius 3 is 2.73 bits per heavy atom. The van der Waals surface area contributed by atoms with Crippen molar-refractivity contribution in [1.82, 2.24) is 10.6 Å². The van der Waals surface area contributed by atoms with Crippen molar-refractivity contribution in [2.45, 2.75) is 23.9 Å². The van der Waals surface area contributed by atoms with E-state index < -0.39 is 18.2 Å². The molecule has 7 heteroatoms. The van der Waals surface area contributed by atoms with E-state index in [1.165, 1.54) is 18.8 Å². The second kappa shape index (κ2) is 5.34. The number of carboxylic acid groups (broad SMARTS) is 1. The fraction of sp³-hybridized carbons (Fsp3) is 0.750. The quantitative estimate of drug-likeness (QED) is 0.479. The molecule has 15 heavy (non-hydrogen) atoms. The van der Waals surface area contributed by atoms with E-state index >= 15 is 0 Å². The minimum absolute atomic E-state index is 0.165. The van der Waals surface area contributed by atoms with E-state index in [1.807, 2.05) is 0 Å². The van der Waals surface area contributed by atoms with E-state index in [-0.39, 0.29) is 17.6 Å². The Labute approximate surface area is 91.4 Å². The molecule has 0 radical (unpaired) electrons. The molecule has 1 aliphatic heterocycles. The first-order chi connectivity index (χ1) is 7.04. The molecule has 0 spiro atoms. The molecule has 1 heterocycles. The Bertz CT molecular complexity index is 261. The first-order valence-electron chi connectivity index (χ1n) is 4.53. The van der Waals surface area contributed by atoms with Crippen molar-refractivity contribution in [1.29, 1.82) is 0 Å². The van der Waals surface area contributed by atoms with Gasteiger partial charge in [-0.25, -0.2) is 0 Å². The number of rotatable bonds is 3. The molecule has 1 amide bonds. The van der Waals surface area contributed by atoms with Crippen LogP contribution < -0.4 is 10.6 Å². The summed E-state index contributed by atoms with van der Waals surface area (Å²) in [5.74, 6) is -0.796. The Kier molecular flexibility index (Phi) is 4.37. The van der Waals surface area contributed by atoms with E-state index in [9.17, 15) is 14.7 Å². The first kappa shape index (κ1) is 12.3. The van der Waals surface area contributed by atoms with Gasteiger partial charge in [-0.2, -0.15) is 11.8 Å². The Morgan fingerprint density at radius 2 is 2.27 bits per heavy atom. The van der Waals surface area contributed by atoms with Gasteiger partial charge >= 0.3 is 5.97 Å². The molecule has 3 unspecified atom stereocenters. The van der Waals surface area contributed by atoms with Crippen LogP contribution in [-0.4, -0.2) is 52.4 Å². The Morgan fingerprint density at radius 1 is 1.60 bits per heavy atom. The van der Waals surface area contributed by atoms with E-state index in [0.29, 0.717) is 5.75 Å². The maximum atomic E-state index is 11.1. The zero-order valence-corrected chi connectivity index (χ0v) is 9.08. The fourth-order valence-electron chi connectivity index (χ4n) is 1.27. The zero-order valence-electron chi connectivity index (χ0n) is 8.27. The number of amides is 1. The molecule has 0 bridgehead atoms. The summed E-state index contributed by atoms with van der Waals surface area (Å²) in [6.07, 6.45) is -0.774. The maximum Gasteiger partial charge on any atom is 0.321 e. The number of thioether (sulfide) groups is 1. The van der Waals surface area contributed by atoms with Gasteiger partial charge < -0.3 is 15.5 Å². The third-order valence-electron chi connectivity index (χ3n) is 2.16. The summed E-state index contributed by atoms with van der Waals surface area (Å²) in [7, 11) is 1.52. The van der Waals surface area contributed by atoms with Crippen molar-refractivity contribution in [3.63, 3.8) is 0 Å². The number of carbonyl (C=O) groups excluding carboxylic acids is 1. The predicted molar refractivity (Wildman–Crippen MR) is 55.5 cm³/mol. The first-order valence-corrected chi connectivity index (χ1v) is 5.58. The molecule has 0 saturated carbocycles. The summed E-state index contributed by atoms with van der Waals surface area (Å²) < 4.78 is 0. The summed E-state index contributed by atoms with van der Waals surface area (Å²) in [6, 6.07) is -0.745. The standard InChI is InChI=1S/C8H14N2O4S/c1-9-6(11)2-5-7(12)10-4(3-15-5)8(13)14/h4-5,7,10,12H,2-3H2,1H3,(H,9,11)(H,13,14). The molecule has 1 rings (SSSR count). The molecule has 0 aromatic rings. The monoisotopic (exact) mass is 234 g/mol. The second-order valence-corrected chi connectivity index (χ2v) is 4.52. The van der Waals surface area contributed by atoms with Crippen LogP contribution in [0.5, 0.6) is 0 Å². The number of hydrogen-bond donors (Lipinski definition) is 4. The topological polar surface area (TPSA) is 98.7 Å². The minimum Gasteiger partial charge on any atom is -0.480 e. The van der Waals surface area contributed by atoms with Crippen LogP contribution in [0.4, 0.5) is 0 Å². The van der Waals surface area contributed by atoms with Crippen LogP contribution >= 0.6 is 11.8 Å². The summed E-state index contributed by atoms with van der Waals surface area (Å²) >= 11 is 1.30. The largest absolute Gasteiger partial charge is 0.480 e. The summed E-state index contributed by atoms with van der Waals surface area (Å²) in [6.45, 7) is 0. The highest BCUT2D eigenvalue weighted by Gasteiger charge is 2.33. The molecular formula is C8H14N2O4S. The van der Waals surface area contributed by atoms with Crippen molar-refractivity contribution >= 4 is 23.6 Å². The van der Waals surface area contributed by atoms with Gasteiger partial charge in [-0.05, 0) is 0 Å². The molecule has 86 valence electrons. The van der Waals surface area contributed by atoms with E-state index in [4.69, 9.17) is 5.11 Å². The number of aliphatic hydroxyl groups excluding tert-OH is 1. The number of carboxylic acids is 1. The summed E-state index contributed by atoms with van der Waals surface area (Å²) in [4.78, 5) is 21.7. The minimum atomic E-state index is -0.986. The van der Waals surface area contributed by atoms with Gasteiger partial charge in [-0.1, -0.05) is 0 Å². The van der Waals surface area contributed by atoms with Gasteiger partial charge in [-0.3, -0.25) is 14.9 Å². The van der Waals surface area contributed by atoms with Gasteiger partial charge in [-0.15, -0.1) is 0 Å². The van der Waals surface area contributed by atoms with Crippen molar-refractivity contribution in [3.8, 4) is 0 Å². The molecule has 0 aliphatic carbocycles. The number of hydrogen-bond acceptors (Lipinski definition) is 5. The van der Waals surface area contributed by atoms with Crippen LogP contribution in [0.3, 0.4) is 0 Å². The molecule has 1 saturated heterocycles. The fourth-order valence-corrected chi connectivity index (χ4v) is 2.48. The highest BCUT2D eigenvalue weighted by molar-refractivity contribution is 8.00. The van der Waals surface area contributed by atoms with Crippen LogP contribution in [0.1, 0.15) is 6.42 Å². The van der Waals surface area contributed by atoms with Gasteiger partial charge in [0.15, 0.2) is 0 Å². The van der Waals surface area contributed by atoms with Crippen LogP contribution in [0.15, 0.2) is 0 Å². The molecular weight excluding hydrogens is 220 g/mol. The predicted octanol–water partition coefficient (Wildman–Crippen LogP) is -1.40. The van der Waals surface area contributed by atoms with Crippen LogP contribution in [0, 0.1) is 0 Å². The molecule has 3 atom stereocenters. The maximum absolute atomic E-state index is 11.1. The number of nitrogens with one attached hydrogen (secondary N) is 2. The van der Waals surface area contributed by atoms with Gasteiger partial charge in [0.2, 0.25) is 5.91 Å². The van der Waals surface area contributed by atoms with Crippen molar-refractivity contribution in [2.75, 3.05) is 12.8 Å². The summed E-state index contributed by atoms with van der Waals surface area (Å²) in [5.41, 5.74) is 0. The lowest BCUT2D eigenvalue weighted by Gasteiger charge is -2.31. The van der Waals surface area contributed by atoms with Gasteiger partial charge in [0.05, 0.1) is 5.25 Å². The third kappa shape index (κ3) is 3.37. The Hall–Kier alpha value is -0.790. The smallest absolute Gasteiger partial charge is 0.321 e. The average molecular weight is 234 g/mol. The highest BCUT2D eigenvalue weighted by Crippen LogP contribution is 2.23. The normalized spacial score (nSPS) is 30.9. The summed E-state index contributed by atoms with van der Waals surface area (Å²) in [5, 5.41) is 23.0. The lowest BCUT2D eigenvalue weighted by atomic mass is 10.2. The number of carbonyl (C=O) groups is 2. The van der Waals surface area contributed by atoms with E-state index in [0.717, 1.165) is 0 Å². The lowest BCUT2D eigenvalue weighted by Crippen LogP contribution is -2.54. The van der Waals surface area contributed by atoms with E-state index in [1.54, 1.807) is 0 Å². The number of aliphatic carboxylic acids is 1. The van der Waals surface area contributed by atoms with Crippen LogP contribution in [-0.2, 0) is 9.59 Å². The van der Waals surface area contributed by atoms with Crippen molar-refractivity contribution in [2.24, 2.45) is 0 Å². The second-order valence-electron chi connectivity index (χ2n) is 3.25. The van der Waals surface area contributed by atoms with Crippen molar-refractivity contribution in [3.05, 3.63) is 0 Å².